The summed E-state index contributed by atoms with van der Waals surface area (Å²) in [5.74, 6) is 0.852. The van der Waals surface area contributed by atoms with Crippen molar-refractivity contribution >= 4 is 0 Å². The predicted octanol–water partition coefficient (Wildman–Crippen LogP) is 3.34. The highest BCUT2D eigenvalue weighted by molar-refractivity contribution is 5.45. The minimum atomic E-state index is -0.727. The zero-order chi connectivity index (χ0) is 16.0. The molecule has 3 rings (SSSR count). The molecule has 0 radical (unpaired) electrons. The minimum absolute atomic E-state index is 0.0549. The average Bonchev–Trinajstić information content (AvgIpc) is 2.55. The smallest absolute Gasteiger partial charge is 0.119 e. The molecule has 22 heavy (non-hydrogen) atoms. The van der Waals surface area contributed by atoms with Crippen LogP contribution in [0.4, 0.5) is 0 Å². The molecule has 1 aromatic rings. The van der Waals surface area contributed by atoms with Crippen LogP contribution in [0.5, 0.6) is 5.75 Å². The lowest BCUT2D eigenvalue weighted by atomic mass is 9.52. The number of likely N-dealkylation sites (N-methyl/N-ethyl adjacent to an activating group) is 1. The van der Waals surface area contributed by atoms with Crippen molar-refractivity contribution in [1.82, 2.24) is 4.90 Å². The van der Waals surface area contributed by atoms with Gasteiger partial charge in [-0.2, -0.15) is 0 Å². The fourth-order valence-electron chi connectivity index (χ4n) is 5.20. The number of piperidine rings is 1. The van der Waals surface area contributed by atoms with Gasteiger partial charge in [0.1, 0.15) is 5.75 Å². The zero-order valence-electron chi connectivity index (χ0n) is 14.4. The molecule has 1 N–H and O–H groups in total. The minimum Gasteiger partial charge on any atom is -0.497 e. The van der Waals surface area contributed by atoms with Crippen LogP contribution in [-0.4, -0.2) is 36.2 Å². The Bertz CT molecular complexity index is 552. The largest absolute Gasteiger partial charge is 0.497 e. The first-order valence-electron chi connectivity index (χ1n) is 8.70. The lowest BCUT2D eigenvalue weighted by molar-refractivity contribution is -0.185. The van der Waals surface area contributed by atoms with Crippen molar-refractivity contribution < 1.29 is 9.84 Å². The number of hydrogen-bond donors (Lipinski definition) is 1. The summed E-state index contributed by atoms with van der Waals surface area (Å²) in [4.78, 5) is 2.58. The Morgan fingerprint density at radius 2 is 2.00 bits per heavy atom. The highest BCUT2D eigenvalue weighted by Gasteiger charge is 2.60. The maximum absolute atomic E-state index is 11.8. The first-order valence-corrected chi connectivity index (χ1v) is 8.70. The predicted molar refractivity (Wildman–Crippen MR) is 89.3 cm³/mol. The van der Waals surface area contributed by atoms with Gasteiger partial charge in [-0.05, 0) is 55.5 Å². The summed E-state index contributed by atoms with van der Waals surface area (Å²) < 4.78 is 5.42. The standard InChI is InChI=1S/C19H29NO2/c1-5-18(6-2)17-12-14-8-9-15(22-4)13-16(14)19(18,21)10-11-20(17)7-3/h8-9,13,17,21H,5-7,10-12H2,1-4H3. The second-order valence-electron chi connectivity index (χ2n) is 6.85. The van der Waals surface area contributed by atoms with Gasteiger partial charge in [-0.25, -0.2) is 0 Å². The number of ether oxygens (including phenoxy) is 1. The normalized spacial score (nSPS) is 30.0. The van der Waals surface area contributed by atoms with Gasteiger partial charge in [-0.15, -0.1) is 0 Å². The molecular formula is C19H29NO2. The van der Waals surface area contributed by atoms with Crippen LogP contribution in [0.1, 0.15) is 51.2 Å². The summed E-state index contributed by atoms with van der Waals surface area (Å²) in [5.41, 5.74) is 1.63. The first-order chi connectivity index (χ1) is 10.6. The molecule has 3 heteroatoms. The van der Waals surface area contributed by atoms with Crippen LogP contribution in [0.3, 0.4) is 0 Å². The fourth-order valence-corrected chi connectivity index (χ4v) is 5.20. The summed E-state index contributed by atoms with van der Waals surface area (Å²) in [7, 11) is 1.70. The number of fused-ring (bicyclic) bond motifs is 4. The molecule has 2 bridgehead atoms. The molecule has 1 aliphatic carbocycles. The summed E-state index contributed by atoms with van der Waals surface area (Å²) in [6.07, 6.45) is 3.88. The molecule has 122 valence electrons. The lowest BCUT2D eigenvalue weighted by Gasteiger charge is -2.62. The van der Waals surface area contributed by atoms with Crippen LogP contribution in [0.15, 0.2) is 18.2 Å². The molecule has 2 atom stereocenters. The van der Waals surface area contributed by atoms with Gasteiger partial charge in [-0.1, -0.05) is 26.8 Å². The fraction of sp³-hybridized carbons (Fsp3) is 0.684. The monoisotopic (exact) mass is 303 g/mol. The van der Waals surface area contributed by atoms with Crippen molar-refractivity contribution in [3.63, 3.8) is 0 Å². The van der Waals surface area contributed by atoms with Crippen molar-refractivity contribution in [2.45, 2.75) is 58.1 Å². The lowest BCUT2D eigenvalue weighted by Crippen LogP contribution is -2.66. The van der Waals surface area contributed by atoms with Crippen LogP contribution in [0.2, 0.25) is 0 Å². The number of methoxy groups -OCH3 is 1. The van der Waals surface area contributed by atoms with E-state index in [1.807, 2.05) is 6.07 Å². The number of hydrogen-bond acceptors (Lipinski definition) is 3. The molecule has 1 saturated heterocycles. The molecule has 0 saturated carbocycles. The maximum atomic E-state index is 11.8. The molecule has 0 aromatic heterocycles. The van der Waals surface area contributed by atoms with Crippen LogP contribution < -0.4 is 4.74 Å². The van der Waals surface area contributed by atoms with Gasteiger partial charge >= 0.3 is 0 Å². The number of rotatable bonds is 4. The molecule has 0 spiro atoms. The van der Waals surface area contributed by atoms with E-state index in [4.69, 9.17) is 4.74 Å². The Morgan fingerprint density at radius 1 is 1.27 bits per heavy atom. The van der Waals surface area contributed by atoms with Crippen LogP contribution in [0.25, 0.3) is 0 Å². The average molecular weight is 303 g/mol. The molecule has 2 unspecified atom stereocenters. The van der Waals surface area contributed by atoms with Gasteiger partial charge in [-0.3, -0.25) is 4.90 Å². The van der Waals surface area contributed by atoms with E-state index >= 15 is 0 Å². The Kier molecular flexibility index (Phi) is 3.98. The highest BCUT2D eigenvalue weighted by Crippen LogP contribution is 2.58. The third-order valence-electron chi connectivity index (χ3n) is 6.51. The second-order valence-corrected chi connectivity index (χ2v) is 6.85. The van der Waals surface area contributed by atoms with Crippen molar-refractivity contribution in [1.29, 1.82) is 0 Å². The molecule has 1 aromatic carbocycles. The van der Waals surface area contributed by atoms with Gasteiger partial charge < -0.3 is 9.84 Å². The quantitative estimate of drug-likeness (QED) is 0.926. The van der Waals surface area contributed by atoms with Gasteiger partial charge in [0.15, 0.2) is 0 Å². The van der Waals surface area contributed by atoms with Crippen LogP contribution in [-0.2, 0) is 12.0 Å². The second kappa shape index (κ2) is 5.54. The number of benzene rings is 1. The van der Waals surface area contributed by atoms with Gasteiger partial charge in [0.05, 0.1) is 12.7 Å². The van der Waals surface area contributed by atoms with Crippen molar-refractivity contribution in [3.05, 3.63) is 29.3 Å². The third-order valence-corrected chi connectivity index (χ3v) is 6.51. The Hall–Kier alpha value is -1.06. The molecule has 1 aliphatic heterocycles. The van der Waals surface area contributed by atoms with Gasteiger partial charge in [0, 0.05) is 18.0 Å². The molecule has 3 nitrogen and oxygen atoms in total. The Labute approximate surface area is 134 Å². The highest BCUT2D eigenvalue weighted by atomic mass is 16.5. The molecule has 0 amide bonds. The first kappa shape index (κ1) is 15.8. The Morgan fingerprint density at radius 3 is 2.59 bits per heavy atom. The maximum Gasteiger partial charge on any atom is 0.119 e. The van der Waals surface area contributed by atoms with E-state index < -0.39 is 5.60 Å². The Balaban J connectivity index is 2.20. The molecule has 1 heterocycles. The van der Waals surface area contributed by atoms with E-state index in [0.717, 1.165) is 50.1 Å². The van der Waals surface area contributed by atoms with E-state index in [1.165, 1.54) is 5.56 Å². The van der Waals surface area contributed by atoms with E-state index in [9.17, 15) is 5.11 Å². The van der Waals surface area contributed by atoms with Crippen molar-refractivity contribution in [2.75, 3.05) is 20.2 Å². The SMILES string of the molecule is CCN1CCC2(O)c3cc(OC)ccc3CC1C2(CC)CC. The summed E-state index contributed by atoms with van der Waals surface area (Å²) in [6, 6.07) is 6.69. The van der Waals surface area contributed by atoms with E-state index in [2.05, 4.69) is 37.8 Å². The van der Waals surface area contributed by atoms with Crippen LogP contribution in [0, 0.1) is 5.41 Å². The van der Waals surface area contributed by atoms with E-state index in [0.29, 0.717) is 6.04 Å². The number of nitrogens with zero attached hydrogens (tertiary/aromatic N) is 1. The number of likely N-dealkylation sites (tertiary alicyclic amines) is 1. The zero-order valence-corrected chi connectivity index (χ0v) is 14.4. The summed E-state index contributed by atoms with van der Waals surface area (Å²) >= 11 is 0. The topological polar surface area (TPSA) is 32.7 Å². The van der Waals surface area contributed by atoms with Crippen molar-refractivity contribution in [2.24, 2.45) is 5.41 Å². The summed E-state index contributed by atoms with van der Waals surface area (Å²) in [6.45, 7) is 8.77. The van der Waals surface area contributed by atoms with Crippen molar-refractivity contribution in [3.8, 4) is 5.75 Å². The van der Waals surface area contributed by atoms with E-state index in [-0.39, 0.29) is 5.41 Å². The van der Waals surface area contributed by atoms with Crippen LogP contribution >= 0.6 is 0 Å². The third kappa shape index (κ3) is 1.88. The van der Waals surface area contributed by atoms with Gasteiger partial charge in [0.25, 0.3) is 0 Å². The summed E-state index contributed by atoms with van der Waals surface area (Å²) in [5, 5.41) is 11.8. The number of aliphatic hydroxyl groups is 1. The molecule has 2 aliphatic rings. The van der Waals surface area contributed by atoms with Gasteiger partial charge in [0.2, 0.25) is 0 Å². The molecular weight excluding hydrogens is 274 g/mol. The molecule has 1 fully saturated rings. The van der Waals surface area contributed by atoms with E-state index in [1.54, 1.807) is 7.11 Å².